The highest BCUT2D eigenvalue weighted by Gasteiger charge is 2.42. The molecule has 2 nitrogen and oxygen atoms in total. The van der Waals surface area contributed by atoms with Crippen molar-refractivity contribution in [3.8, 4) is 5.75 Å². The van der Waals surface area contributed by atoms with Gasteiger partial charge in [-0.2, -0.15) is 11.8 Å². The average Bonchev–Trinajstić information content (AvgIpc) is 2.25. The molecule has 0 spiro atoms. The molecule has 1 aromatic rings. The molecular formula is C16H24O2S. The van der Waals surface area contributed by atoms with Gasteiger partial charge in [0.25, 0.3) is 0 Å². The number of thioether (sulfide) groups is 1. The number of methoxy groups -OCH3 is 1. The zero-order chi connectivity index (χ0) is 14.3. The van der Waals surface area contributed by atoms with Gasteiger partial charge in [0.05, 0.1) is 7.11 Å². The third-order valence-electron chi connectivity index (χ3n) is 3.73. The van der Waals surface area contributed by atoms with Crippen LogP contribution in [0.25, 0.3) is 0 Å². The summed E-state index contributed by atoms with van der Waals surface area (Å²) in [5, 5.41) is 11.2. The first-order chi connectivity index (χ1) is 8.77. The number of benzene rings is 1. The van der Waals surface area contributed by atoms with Crippen LogP contribution in [0.4, 0.5) is 0 Å². The lowest BCUT2D eigenvalue weighted by Crippen LogP contribution is -2.40. The summed E-state index contributed by atoms with van der Waals surface area (Å²) in [6.07, 6.45) is 0.785. The van der Waals surface area contributed by atoms with Crippen molar-refractivity contribution in [2.75, 3.05) is 18.6 Å². The Labute approximate surface area is 120 Å². The Morgan fingerprint density at radius 2 is 1.89 bits per heavy atom. The third-order valence-corrected chi connectivity index (χ3v) is 5.40. The summed E-state index contributed by atoms with van der Waals surface area (Å²) in [6, 6.07) is 4.15. The Bertz CT molecular complexity index is 482. The highest BCUT2D eigenvalue weighted by atomic mass is 32.2. The zero-order valence-corrected chi connectivity index (χ0v) is 13.4. The van der Waals surface area contributed by atoms with E-state index in [0.717, 1.165) is 34.8 Å². The second-order valence-electron chi connectivity index (χ2n) is 6.52. The fraction of sp³-hybridized carbons (Fsp3) is 0.625. The van der Waals surface area contributed by atoms with Crippen LogP contribution >= 0.6 is 11.8 Å². The van der Waals surface area contributed by atoms with Crippen LogP contribution in [0, 0.1) is 19.3 Å². The number of rotatable bonds is 2. The zero-order valence-electron chi connectivity index (χ0n) is 12.5. The van der Waals surface area contributed by atoms with Gasteiger partial charge in [-0.05, 0) is 48.6 Å². The minimum absolute atomic E-state index is 0.153. The fourth-order valence-electron chi connectivity index (χ4n) is 3.24. The minimum atomic E-state index is -0.782. The van der Waals surface area contributed by atoms with Crippen LogP contribution in [-0.2, 0) is 5.60 Å². The van der Waals surface area contributed by atoms with Gasteiger partial charge in [-0.3, -0.25) is 0 Å². The SMILES string of the molecule is COc1cc(C)cc(C)c1C1(O)CSCC(C)(C)C1. The topological polar surface area (TPSA) is 29.5 Å². The minimum Gasteiger partial charge on any atom is -0.496 e. The Kier molecular flexibility index (Phi) is 3.90. The van der Waals surface area contributed by atoms with E-state index in [1.807, 2.05) is 17.8 Å². The summed E-state index contributed by atoms with van der Waals surface area (Å²) in [5.41, 5.74) is 2.64. The van der Waals surface area contributed by atoms with E-state index in [9.17, 15) is 5.11 Å². The molecular weight excluding hydrogens is 256 g/mol. The van der Waals surface area contributed by atoms with Crippen LogP contribution in [0.3, 0.4) is 0 Å². The highest BCUT2D eigenvalue weighted by Crippen LogP contribution is 2.47. The standard InChI is InChI=1S/C16H24O2S/c1-11-6-12(2)14(13(7-11)18-5)16(17)8-15(3,4)9-19-10-16/h6-7,17H,8-10H2,1-5H3. The van der Waals surface area contributed by atoms with E-state index in [1.165, 1.54) is 5.56 Å². The van der Waals surface area contributed by atoms with Crippen molar-refractivity contribution in [3.05, 3.63) is 28.8 Å². The summed E-state index contributed by atoms with van der Waals surface area (Å²) >= 11 is 1.83. The largest absolute Gasteiger partial charge is 0.496 e. The molecule has 1 atom stereocenters. The van der Waals surface area contributed by atoms with Crippen molar-refractivity contribution in [2.45, 2.75) is 39.7 Å². The first-order valence-electron chi connectivity index (χ1n) is 6.73. The van der Waals surface area contributed by atoms with Crippen LogP contribution in [0.2, 0.25) is 0 Å². The van der Waals surface area contributed by atoms with Crippen LogP contribution in [0.5, 0.6) is 5.75 Å². The van der Waals surface area contributed by atoms with Crippen molar-refractivity contribution in [3.63, 3.8) is 0 Å². The molecule has 1 aromatic carbocycles. The highest BCUT2D eigenvalue weighted by molar-refractivity contribution is 7.99. The quantitative estimate of drug-likeness (QED) is 0.896. The predicted octanol–water partition coefficient (Wildman–Crippen LogP) is 3.66. The Hall–Kier alpha value is -0.670. The fourth-order valence-corrected chi connectivity index (χ4v) is 4.58. The summed E-state index contributed by atoms with van der Waals surface area (Å²) in [6.45, 7) is 8.57. The molecule has 1 unspecified atom stereocenters. The lowest BCUT2D eigenvalue weighted by atomic mass is 9.76. The normalized spacial score (nSPS) is 26.2. The molecule has 106 valence electrons. The molecule has 1 fully saturated rings. The molecule has 0 amide bonds. The van der Waals surface area contributed by atoms with Gasteiger partial charge in [-0.25, -0.2) is 0 Å². The third kappa shape index (κ3) is 2.92. The van der Waals surface area contributed by atoms with E-state index in [1.54, 1.807) is 7.11 Å². The maximum absolute atomic E-state index is 11.2. The first-order valence-corrected chi connectivity index (χ1v) is 7.89. The van der Waals surface area contributed by atoms with E-state index < -0.39 is 5.60 Å². The Morgan fingerprint density at radius 3 is 2.47 bits per heavy atom. The van der Waals surface area contributed by atoms with E-state index >= 15 is 0 Å². The Balaban J connectivity index is 2.51. The molecule has 1 heterocycles. The van der Waals surface area contributed by atoms with Crippen LogP contribution in [-0.4, -0.2) is 23.7 Å². The van der Waals surface area contributed by atoms with E-state index in [2.05, 4.69) is 33.8 Å². The second-order valence-corrected chi connectivity index (χ2v) is 7.51. The molecule has 1 N–H and O–H groups in total. The van der Waals surface area contributed by atoms with Crippen LogP contribution < -0.4 is 4.74 Å². The smallest absolute Gasteiger partial charge is 0.125 e. The molecule has 19 heavy (non-hydrogen) atoms. The maximum Gasteiger partial charge on any atom is 0.125 e. The Morgan fingerprint density at radius 1 is 1.21 bits per heavy atom. The van der Waals surface area contributed by atoms with Crippen molar-refractivity contribution >= 4 is 11.8 Å². The van der Waals surface area contributed by atoms with Gasteiger partial charge >= 0.3 is 0 Å². The average molecular weight is 280 g/mol. The summed E-state index contributed by atoms with van der Waals surface area (Å²) in [4.78, 5) is 0. The predicted molar refractivity (Wildman–Crippen MR) is 82.1 cm³/mol. The molecule has 0 radical (unpaired) electrons. The van der Waals surface area contributed by atoms with Crippen molar-refractivity contribution in [2.24, 2.45) is 5.41 Å². The molecule has 0 aliphatic carbocycles. The molecule has 2 rings (SSSR count). The molecule has 1 saturated heterocycles. The molecule has 1 aliphatic heterocycles. The number of aliphatic hydroxyl groups is 1. The summed E-state index contributed by atoms with van der Waals surface area (Å²) in [5.74, 6) is 2.66. The molecule has 1 aliphatic rings. The van der Waals surface area contributed by atoms with Crippen molar-refractivity contribution in [1.82, 2.24) is 0 Å². The number of ether oxygens (including phenoxy) is 1. The van der Waals surface area contributed by atoms with Gasteiger partial charge in [0, 0.05) is 11.3 Å². The van der Waals surface area contributed by atoms with Gasteiger partial charge in [-0.1, -0.05) is 19.9 Å². The lowest BCUT2D eigenvalue weighted by Gasteiger charge is -2.42. The lowest BCUT2D eigenvalue weighted by molar-refractivity contribution is 0.0131. The summed E-state index contributed by atoms with van der Waals surface area (Å²) in [7, 11) is 1.68. The van der Waals surface area contributed by atoms with Gasteiger partial charge in [0.1, 0.15) is 11.4 Å². The van der Waals surface area contributed by atoms with Crippen molar-refractivity contribution < 1.29 is 9.84 Å². The van der Waals surface area contributed by atoms with Crippen LogP contribution in [0.15, 0.2) is 12.1 Å². The van der Waals surface area contributed by atoms with Crippen molar-refractivity contribution in [1.29, 1.82) is 0 Å². The second kappa shape index (κ2) is 5.02. The molecule has 0 saturated carbocycles. The van der Waals surface area contributed by atoms with Gasteiger partial charge in [0.2, 0.25) is 0 Å². The van der Waals surface area contributed by atoms with Crippen LogP contribution in [0.1, 0.15) is 37.0 Å². The molecule has 0 bridgehead atoms. The van der Waals surface area contributed by atoms with Gasteiger partial charge in [-0.15, -0.1) is 0 Å². The monoisotopic (exact) mass is 280 g/mol. The van der Waals surface area contributed by atoms with E-state index in [0.29, 0.717) is 0 Å². The van der Waals surface area contributed by atoms with E-state index in [-0.39, 0.29) is 5.41 Å². The van der Waals surface area contributed by atoms with E-state index in [4.69, 9.17) is 4.74 Å². The molecule has 3 heteroatoms. The van der Waals surface area contributed by atoms with Gasteiger partial charge in [0.15, 0.2) is 0 Å². The first kappa shape index (κ1) is 14.7. The maximum atomic E-state index is 11.2. The number of hydrogen-bond donors (Lipinski definition) is 1. The van der Waals surface area contributed by atoms with Gasteiger partial charge < -0.3 is 9.84 Å². The molecule has 0 aromatic heterocycles. The number of aryl methyl sites for hydroxylation is 2. The summed E-state index contributed by atoms with van der Waals surface area (Å²) < 4.78 is 5.52. The number of hydrogen-bond acceptors (Lipinski definition) is 3.